The van der Waals surface area contributed by atoms with Crippen LogP contribution in [-0.4, -0.2) is 19.0 Å². The van der Waals surface area contributed by atoms with Crippen molar-refractivity contribution in [3.63, 3.8) is 0 Å². The van der Waals surface area contributed by atoms with Gasteiger partial charge in [0.05, 0.1) is 17.9 Å². The standard InChI is InChI=1S/C10H11ClN2O/c1-2-13-6-10(14)12-8-5-7(11)3-4-9(8)13/h3-5H,2,6H2,1H3,(H,12,14). The van der Waals surface area contributed by atoms with E-state index >= 15 is 0 Å². The van der Waals surface area contributed by atoms with E-state index in [2.05, 4.69) is 5.32 Å². The van der Waals surface area contributed by atoms with E-state index in [0.717, 1.165) is 17.9 Å². The molecule has 0 aromatic heterocycles. The predicted octanol–water partition coefficient (Wildman–Crippen LogP) is 2.12. The van der Waals surface area contributed by atoms with Crippen molar-refractivity contribution >= 4 is 28.9 Å². The minimum Gasteiger partial charge on any atom is -0.361 e. The highest BCUT2D eigenvalue weighted by Gasteiger charge is 2.20. The third-order valence-corrected chi connectivity index (χ3v) is 2.52. The molecule has 0 saturated heterocycles. The Morgan fingerprint density at radius 1 is 1.57 bits per heavy atom. The molecule has 14 heavy (non-hydrogen) atoms. The number of amides is 1. The van der Waals surface area contributed by atoms with Crippen LogP contribution in [0.5, 0.6) is 0 Å². The molecule has 1 heterocycles. The number of fused-ring (bicyclic) bond motifs is 1. The van der Waals surface area contributed by atoms with Gasteiger partial charge in [0.1, 0.15) is 0 Å². The van der Waals surface area contributed by atoms with Gasteiger partial charge in [-0.1, -0.05) is 11.6 Å². The van der Waals surface area contributed by atoms with Crippen molar-refractivity contribution in [1.29, 1.82) is 0 Å². The van der Waals surface area contributed by atoms with Gasteiger partial charge in [-0.15, -0.1) is 0 Å². The molecule has 0 fully saturated rings. The normalized spacial score (nSPS) is 15.0. The summed E-state index contributed by atoms with van der Waals surface area (Å²) < 4.78 is 0. The highest BCUT2D eigenvalue weighted by atomic mass is 35.5. The Hall–Kier alpha value is -1.22. The van der Waals surface area contributed by atoms with Crippen LogP contribution in [0.1, 0.15) is 6.92 Å². The summed E-state index contributed by atoms with van der Waals surface area (Å²) in [4.78, 5) is 13.3. The van der Waals surface area contributed by atoms with Gasteiger partial charge in [0.15, 0.2) is 0 Å². The summed E-state index contributed by atoms with van der Waals surface area (Å²) in [6.45, 7) is 3.27. The van der Waals surface area contributed by atoms with Gasteiger partial charge in [-0.3, -0.25) is 4.79 Å². The molecule has 1 N–H and O–H groups in total. The molecule has 1 aromatic rings. The van der Waals surface area contributed by atoms with Crippen LogP contribution in [0, 0.1) is 0 Å². The van der Waals surface area contributed by atoms with Crippen LogP contribution in [0.3, 0.4) is 0 Å². The summed E-state index contributed by atoms with van der Waals surface area (Å²) in [6.07, 6.45) is 0. The third-order valence-electron chi connectivity index (χ3n) is 2.29. The van der Waals surface area contributed by atoms with E-state index in [-0.39, 0.29) is 5.91 Å². The first-order chi connectivity index (χ1) is 6.70. The van der Waals surface area contributed by atoms with Gasteiger partial charge >= 0.3 is 0 Å². The zero-order chi connectivity index (χ0) is 10.1. The molecule has 1 aromatic carbocycles. The first-order valence-electron chi connectivity index (χ1n) is 4.55. The van der Waals surface area contributed by atoms with Gasteiger partial charge in [-0.05, 0) is 25.1 Å². The lowest BCUT2D eigenvalue weighted by Crippen LogP contribution is -2.37. The topological polar surface area (TPSA) is 32.3 Å². The molecule has 0 unspecified atom stereocenters. The van der Waals surface area contributed by atoms with Crippen molar-refractivity contribution in [3.05, 3.63) is 23.2 Å². The maximum Gasteiger partial charge on any atom is 0.243 e. The second kappa shape index (κ2) is 3.50. The van der Waals surface area contributed by atoms with E-state index < -0.39 is 0 Å². The van der Waals surface area contributed by atoms with Crippen LogP contribution in [0.25, 0.3) is 0 Å². The van der Waals surface area contributed by atoms with Gasteiger partial charge in [0.25, 0.3) is 0 Å². The first kappa shape index (κ1) is 9.34. The molecule has 1 amide bonds. The minimum atomic E-state index is 0.0154. The maximum atomic E-state index is 11.3. The summed E-state index contributed by atoms with van der Waals surface area (Å²) in [6, 6.07) is 5.54. The Kier molecular flexibility index (Phi) is 2.33. The number of rotatable bonds is 1. The van der Waals surface area contributed by atoms with Crippen LogP contribution in [0.2, 0.25) is 5.02 Å². The zero-order valence-corrected chi connectivity index (χ0v) is 8.64. The van der Waals surface area contributed by atoms with Crippen LogP contribution in [0.15, 0.2) is 18.2 Å². The summed E-state index contributed by atoms with van der Waals surface area (Å²) >= 11 is 5.85. The molecule has 2 rings (SSSR count). The van der Waals surface area contributed by atoms with E-state index in [1.165, 1.54) is 0 Å². The lowest BCUT2D eigenvalue weighted by atomic mass is 10.2. The number of hydrogen-bond acceptors (Lipinski definition) is 2. The van der Waals surface area contributed by atoms with Gasteiger partial charge in [0.2, 0.25) is 5.91 Å². The molecule has 4 heteroatoms. The molecule has 1 aliphatic rings. The first-order valence-corrected chi connectivity index (χ1v) is 4.93. The van der Waals surface area contributed by atoms with Crippen molar-refractivity contribution in [1.82, 2.24) is 0 Å². The van der Waals surface area contributed by atoms with Crippen molar-refractivity contribution < 1.29 is 4.79 Å². The molecule has 74 valence electrons. The van der Waals surface area contributed by atoms with Gasteiger partial charge < -0.3 is 10.2 Å². The molecular weight excluding hydrogens is 200 g/mol. The van der Waals surface area contributed by atoms with Crippen LogP contribution in [0.4, 0.5) is 11.4 Å². The summed E-state index contributed by atoms with van der Waals surface area (Å²) in [5, 5.41) is 3.44. The molecule has 3 nitrogen and oxygen atoms in total. The summed E-state index contributed by atoms with van der Waals surface area (Å²) in [5.41, 5.74) is 1.84. The molecule has 0 saturated carbocycles. The van der Waals surface area contributed by atoms with E-state index in [4.69, 9.17) is 11.6 Å². The Morgan fingerprint density at radius 2 is 2.36 bits per heavy atom. The predicted molar refractivity (Wildman–Crippen MR) is 58.0 cm³/mol. The van der Waals surface area contributed by atoms with Crippen molar-refractivity contribution in [3.8, 4) is 0 Å². The maximum absolute atomic E-state index is 11.3. The SMILES string of the molecule is CCN1CC(=O)Nc2cc(Cl)ccc21. The van der Waals surface area contributed by atoms with Crippen molar-refractivity contribution in [2.24, 2.45) is 0 Å². The Bertz CT molecular complexity index is 378. The monoisotopic (exact) mass is 210 g/mol. The smallest absolute Gasteiger partial charge is 0.243 e. The minimum absolute atomic E-state index is 0.0154. The Labute approximate surface area is 87.7 Å². The molecule has 0 radical (unpaired) electrons. The third kappa shape index (κ3) is 1.55. The van der Waals surface area contributed by atoms with Gasteiger partial charge in [0, 0.05) is 11.6 Å². The zero-order valence-electron chi connectivity index (χ0n) is 7.88. The van der Waals surface area contributed by atoms with E-state index in [1.54, 1.807) is 6.07 Å². The number of nitrogens with zero attached hydrogens (tertiary/aromatic N) is 1. The average Bonchev–Trinajstić information content (AvgIpc) is 2.15. The average molecular weight is 211 g/mol. The molecule has 0 atom stereocenters. The van der Waals surface area contributed by atoms with Gasteiger partial charge in [-0.2, -0.15) is 0 Å². The number of halogens is 1. The van der Waals surface area contributed by atoms with Crippen molar-refractivity contribution in [2.75, 3.05) is 23.3 Å². The lowest BCUT2D eigenvalue weighted by Gasteiger charge is -2.29. The van der Waals surface area contributed by atoms with Crippen LogP contribution < -0.4 is 10.2 Å². The second-order valence-electron chi connectivity index (χ2n) is 3.22. The Balaban J connectivity index is 2.45. The fourth-order valence-corrected chi connectivity index (χ4v) is 1.79. The molecule has 0 aliphatic carbocycles. The molecule has 0 bridgehead atoms. The number of carbonyl (C=O) groups excluding carboxylic acids is 1. The van der Waals surface area contributed by atoms with Gasteiger partial charge in [-0.25, -0.2) is 0 Å². The largest absolute Gasteiger partial charge is 0.361 e. The van der Waals surface area contributed by atoms with E-state index in [9.17, 15) is 4.79 Å². The lowest BCUT2D eigenvalue weighted by molar-refractivity contribution is -0.115. The highest BCUT2D eigenvalue weighted by Crippen LogP contribution is 2.31. The van der Waals surface area contributed by atoms with Crippen molar-refractivity contribution in [2.45, 2.75) is 6.92 Å². The number of carbonyl (C=O) groups is 1. The number of hydrogen-bond donors (Lipinski definition) is 1. The highest BCUT2D eigenvalue weighted by molar-refractivity contribution is 6.31. The van der Waals surface area contributed by atoms with Crippen LogP contribution in [-0.2, 0) is 4.79 Å². The fraction of sp³-hybridized carbons (Fsp3) is 0.300. The number of likely N-dealkylation sites (N-methyl/N-ethyl adjacent to an activating group) is 1. The molecule has 1 aliphatic heterocycles. The second-order valence-corrected chi connectivity index (χ2v) is 3.66. The fourth-order valence-electron chi connectivity index (χ4n) is 1.61. The quantitative estimate of drug-likeness (QED) is 0.770. The van der Waals surface area contributed by atoms with Crippen LogP contribution >= 0.6 is 11.6 Å². The Morgan fingerprint density at radius 3 is 3.07 bits per heavy atom. The summed E-state index contributed by atoms with van der Waals surface area (Å²) in [7, 11) is 0. The number of benzene rings is 1. The van der Waals surface area contributed by atoms with E-state index in [0.29, 0.717) is 11.6 Å². The summed E-state index contributed by atoms with van der Waals surface area (Å²) in [5.74, 6) is 0.0154. The number of anilines is 2. The number of nitrogens with one attached hydrogen (secondary N) is 1. The molecular formula is C10H11ClN2O. The van der Waals surface area contributed by atoms with E-state index in [1.807, 2.05) is 24.0 Å². The molecule has 0 spiro atoms.